The molecule has 0 saturated heterocycles. The van der Waals surface area contributed by atoms with Crippen LogP contribution in [0.15, 0.2) is 29.2 Å². The second-order valence-corrected chi connectivity index (χ2v) is 5.14. The minimum absolute atomic E-state index is 0.198. The molecule has 0 spiro atoms. The summed E-state index contributed by atoms with van der Waals surface area (Å²) < 4.78 is 0. The summed E-state index contributed by atoms with van der Waals surface area (Å²) in [5.41, 5.74) is 1.27. The molecule has 0 radical (unpaired) electrons. The molecule has 2 heteroatoms. The van der Waals surface area contributed by atoms with Gasteiger partial charge in [-0.1, -0.05) is 18.2 Å². The second kappa shape index (κ2) is 3.13. The van der Waals surface area contributed by atoms with E-state index < -0.39 is 0 Å². The molecule has 1 unspecified atom stereocenters. The highest BCUT2D eigenvalue weighted by Gasteiger charge is 2.38. The number of fused-ring (bicyclic) bond motifs is 1. The van der Waals surface area contributed by atoms with E-state index in [0.29, 0.717) is 11.7 Å². The first-order valence-corrected chi connectivity index (χ1v) is 6.10. The zero-order chi connectivity index (χ0) is 9.54. The highest BCUT2D eigenvalue weighted by Crippen LogP contribution is 2.44. The zero-order valence-corrected chi connectivity index (χ0v) is 8.72. The van der Waals surface area contributed by atoms with E-state index in [2.05, 4.69) is 18.2 Å². The van der Waals surface area contributed by atoms with Crippen LogP contribution >= 0.6 is 11.8 Å². The molecule has 0 amide bonds. The van der Waals surface area contributed by atoms with Gasteiger partial charge in [0, 0.05) is 16.6 Å². The van der Waals surface area contributed by atoms with Crippen LogP contribution in [-0.2, 0) is 4.79 Å². The largest absolute Gasteiger partial charge is 0.299 e. The Morgan fingerprint density at radius 3 is 2.86 bits per heavy atom. The second-order valence-electron chi connectivity index (χ2n) is 4.08. The van der Waals surface area contributed by atoms with E-state index in [0.717, 1.165) is 18.6 Å². The minimum Gasteiger partial charge on any atom is -0.299 e. The number of carbonyl (C=O) groups excluding carboxylic acids is 1. The molecule has 72 valence electrons. The standard InChI is InChI=1S/C12H12OS/c13-12(8-5-6-8)10-7-14-11-4-2-1-3-9(10)11/h1-4,8,10H,5-7H2. The third kappa shape index (κ3) is 1.29. The van der Waals surface area contributed by atoms with E-state index in [4.69, 9.17) is 0 Å². The van der Waals surface area contributed by atoms with Crippen molar-refractivity contribution in [2.45, 2.75) is 23.7 Å². The fraction of sp³-hybridized carbons (Fsp3) is 0.417. The van der Waals surface area contributed by atoms with Gasteiger partial charge in [0.05, 0.1) is 5.92 Å². The van der Waals surface area contributed by atoms with E-state index in [1.54, 1.807) is 0 Å². The first-order chi connectivity index (χ1) is 6.86. The van der Waals surface area contributed by atoms with Crippen molar-refractivity contribution in [1.29, 1.82) is 0 Å². The molecular weight excluding hydrogens is 192 g/mol. The van der Waals surface area contributed by atoms with Gasteiger partial charge in [0.25, 0.3) is 0 Å². The number of hydrogen-bond acceptors (Lipinski definition) is 2. The molecule has 0 aromatic heterocycles. The van der Waals surface area contributed by atoms with Gasteiger partial charge in [-0.05, 0) is 24.5 Å². The van der Waals surface area contributed by atoms with Gasteiger partial charge in [0.15, 0.2) is 0 Å². The predicted molar refractivity (Wildman–Crippen MR) is 57.6 cm³/mol. The summed E-state index contributed by atoms with van der Waals surface area (Å²) in [6, 6.07) is 8.33. The van der Waals surface area contributed by atoms with E-state index in [1.165, 1.54) is 10.5 Å². The molecule has 1 nitrogen and oxygen atoms in total. The van der Waals surface area contributed by atoms with Crippen molar-refractivity contribution in [2.24, 2.45) is 5.92 Å². The van der Waals surface area contributed by atoms with Crippen LogP contribution in [0.3, 0.4) is 0 Å². The first-order valence-electron chi connectivity index (χ1n) is 5.12. The number of hydrogen-bond donors (Lipinski definition) is 0. The Morgan fingerprint density at radius 1 is 1.29 bits per heavy atom. The van der Waals surface area contributed by atoms with Crippen molar-refractivity contribution in [3.05, 3.63) is 29.8 Å². The van der Waals surface area contributed by atoms with Crippen LogP contribution in [0, 0.1) is 5.92 Å². The van der Waals surface area contributed by atoms with Crippen LogP contribution in [0.1, 0.15) is 24.3 Å². The average molecular weight is 204 g/mol. The topological polar surface area (TPSA) is 17.1 Å². The summed E-state index contributed by atoms with van der Waals surface area (Å²) in [7, 11) is 0. The monoisotopic (exact) mass is 204 g/mol. The molecule has 1 saturated carbocycles. The summed E-state index contributed by atoms with van der Waals surface area (Å²) in [6.45, 7) is 0. The molecule has 1 aliphatic heterocycles. The van der Waals surface area contributed by atoms with Gasteiger partial charge in [0.1, 0.15) is 5.78 Å². The summed E-state index contributed by atoms with van der Waals surface area (Å²) in [5.74, 6) is 2.05. The van der Waals surface area contributed by atoms with E-state index in [9.17, 15) is 4.79 Å². The lowest BCUT2D eigenvalue weighted by atomic mass is 9.94. The molecule has 1 heterocycles. The number of ketones is 1. The van der Waals surface area contributed by atoms with Crippen LogP contribution in [0.5, 0.6) is 0 Å². The molecule has 2 aliphatic rings. The fourth-order valence-electron chi connectivity index (χ4n) is 2.05. The van der Waals surface area contributed by atoms with Gasteiger partial charge >= 0.3 is 0 Å². The Bertz CT molecular complexity index is 382. The Labute approximate surface area is 87.9 Å². The average Bonchev–Trinajstić information content (AvgIpc) is 2.97. The first kappa shape index (κ1) is 8.54. The minimum atomic E-state index is 0.198. The van der Waals surface area contributed by atoms with Crippen LogP contribution in [0.4, 0.5) is 0 Å². The quantitative estimate of drug-likeness (QED) is 0.737. The number of thioether (sulfide) groups is 1. The van der Waals surface area contributed by atoms with Crippen LogP contribution in [-0.4, -0.2) is 11.5 Å². The Kier molecular flexibility index (Phi) is 1.91. The van der Waals surface area contributed by atoms with Crippen LogP contribution in [0.25, 0.3) is 0 Å². The number of rotatable bonds is 2. The van der Waals surface area contributed by atoms with E-state index in [1.807, 2.05) is 17.8 Å². The number of carbonyl (C=O) groups is 1. The molecule has 1 fully saturated rings. The van der Waals surface area contributed by atoms with Gasteiger partial charge in [-0.25, -0.2) is 0 Å². The molecule has 1 atom stereocenters. The molecule has 3 rings (SSSR count). The molecule has 0 N–H and O–H groups in total. The highest BCUT2D eigenvalue weighted by atomic mass is 32.2. The van der Waals surface area contributed by atoms with E-state index in [-0.39, 0.29) is 5.92 Å². The number of Topliss-reactive ketones (excluding diaryl/α,β-unsaturated/α-hetero) is 1. The smallest absolute Gasteiger partial charge is 0.144 e. The van der Waals surface area contributed by atoms with Crippen LogP contribution < -0.4 is 0 Å². The Balaban J connectivity index is 1.93. The molecule has 1 aromatic carbocycles. The lowest BCUT2D eigenvalue weighted by Crippen LogP contribution is -2.13. The van der Waals surface area contributed by atoms with Crippen molar-refractivity contribution in [2.75, 3.05) is 5.75 Å². The summed E-state index contributed by atoms with van der Waals surface area (Å²) >= 11 is 1.83. The van der Waals surface area contributed by atoms with Gasteiger partial charge in [-0.15, -0.1) is 11.8 Å². The lowest BCUT2D eigenvalue weighted by molar-refractivity contribution is -0.121. The summed E-state index contributed by atoms with van der Waals surface area (Å²) in [4.78, 5) is 13.3. The Morgan fingerprint density at radius 2 is 2.07 bits per heavy atom. The van der Waals surface area contributed by atoms with Gasteiger partial charge in [0.2, 0.25) is 0 Å². The van der Waals surface area contributed by atoms with Gasteiger partial charge in [-0.2, -0.15) is 0 Å². The number of benzene rings is 1. The molecule has 14 heavy (non-hydrogen) atoms. The lowest BCUT2D eigenvalue weighted by Gasteiger charge is -2.07. The third-order valence-corrected chi connectivity index (χ3v) is 4.21. The van der Waals surface area contributed by atoms with Crippen molar-refractivity contribution < 1.29 is 4.79 Å². The normalized spacial score (nSPS) is 24.7. The van der Waals surface area contributed by atoms with Gasteiger partial charge in [-0.3, -0.25) is 4.79 Å². The maximum absolute atomic E-state index is 12.0. The maximum atomic E-state index is 12.0. The molecule has 0 bridgehead atoms. The maximum Gasteiger partial charge on any atom is 0.144 e. The molecule has 1 aromatic rings. The molecular formula is C12H12OS. The predicted octanol–water partition coefficient (Wildman–Crippen LogP) is 2.86. The summed E-state index contributed by atoms with van der Waals surface area (Å²) in [5, 5.41) is 0. The molecule has 1 aliphatic carbocycles. The summed E-state index contributed by atoms with van der Waals surface area (Å²) in [6.07, 6.45) is 2.25. The SMILES string of the molecule is O=C(C1CC1)C1CSc2ccccc21. The van der Waals surface area contributed by atoms with Crippen molar-refractivity contribution >= 4 is 17.5 Å². The fourth-order valence-corrected chi connectivity index (χ4v) is 3.29. The zero-order valence-electron chi connectivity index (χ0n) is 7.90. The van der Waals surface area contributed by atoms with Crippen molar-refractivity contribution in [3.8, 4) is 0 Å². The van der Waals surface area contributed by atoms with Crippen molar-refractivity contribution in [3.63, 3.8) is 0 Å². The Hall–Kier alpha value is -0.760. The third-order valence-electron chi connectivity index (χ3n) is 3.02. The van der Waals surface area contributed by atoms with Crippen molar-refractivity contribution in [1.82, 2.24) is 0 Å². The highest BCUT2D eigenvalue weighted by molar-refractivity contribution is 7.99. The van der Waals surface area contributed by atoms with E-state index >= 15 is 0 Å². The van der Waals surface area contributed by atoms with Crippen LogP contribution in [0.2, 0.25) is 0 Å². The van der Waals surface area contributed by atoms with Gasteiger partial charge < -0.3 is 0 Å².